The predicted molar refractivity (Wildman–Crippen MR) is 103 cm³/mol. The van der Waals surface area contributed by atoms with Crippen LogP contribution >= 0.6 is 11.8 Å². The molecule has 0 spiro atoms. The minimum atomic E-state index is -3.11. The van der Waals surface area contributed by atoms with Crippen molar-refractivity contribution in [3.63, 3.8) is 0 Å². The molecule has 0 saturated carbocycles. The highest BCUT2D eigenvalue weighted by Crippen LogP contribution is 2.44. The minimum absolute atomic E-state index is 0.0364. The molecular formula is C17H22N2O5S2. The number of rotatable bonds is 4. The van der Waals surface area contributed by atoms with Crippen LogP contribution in [0, 0.1) is 5.92 Å². The molecule has 2 fully saturated rings. The third-order valence-corrected chi connectivity index (χ3v) is 7.62. The van der Waals surface area contributed by atoms with Crippen molar-refractivity contribution in [2.24, 2.45) is 10.9 Å². The number of nitrogens with zero attached hydrogens (tertiary/aromatic N) is 2. The molecule has 0 aromatic heterocycles. The van der Waals surface area contributed by atoms with Crippen molar-refractivity contribution < 1.29 is 22.7 Å². The van der Waals surface area contributed by atoms with Crippen LogP contribution in [0.4, 0.5) is 5.69 Å². The summed E-state index contributed by atoms with van der Waals surface area (Å²) >= 11 is 1.35. The molecule has 26 heavy (non-hydrogen) atoms. The average Bonchev–Trinajstić information content (AvgIpc) is 3.05. The fraction of sp³-hybridized carbons (Fsp3) is 0.529. The van der Waals surface area contributed by atoms with Gasteiger partial charge in [-0.2, -0.15) is 4.99 Å². The maximum Gasteiger partial charge on any atom is 0.250 e. The smallest absolute Gasteiger partial charge is 0.250 e. The molecule has 2 unspecified atom stereocenters. The number of hydrogen-bond donors (Lipinski definition) is 0. The monoisotopic (exact) mass is 398 g/mol. The Labute approximate surface area is 157 Å². The number of benzene rings is 1. The van der Waals surface area contributed by atoms with Gasteiger partial charge in [0.05, 0.1) is 37.5 Å². The van der Waals surface area contributed by atoms with Gasteiger partial charge in [0, 0.05) is 17.2 Å². The van der Waals surface area contributed by atoms with Gasteiger partial charge < -0.3 is 14.4 Å². The Morgan fingerprint density at radius 1 is 1.27 bits per heavy atom. The van der Waals surface area contributed by atoms with Crippen LogP contribution in [0.1, 0.15) is 13.8 Å². The van der Waals surface area contributed by atoms with Crippen LogP contribution in [0.15, 0.2) is 23.2 Å². The van der Waals surface area contributed by atoms with Crippen molar-refractivity contribution in [2.75, 3.05) is 30.6 Å². The van der Waals surface area contributed by atoms with Crippen LogP contribution in [0.25, 0.3) is 0 Å². The van der Waals surface area contributed by atoms with Gasteiger partial charge in [-0.15, -0.1) is 0 Å². The van der Waals surface area contributed by atoms with E-state index in [1.165, 1.54) is 11.8 Å². The third kappa shape index (κ3) is 3.55. The maximum atomic E-state index is 12.2. The molecule has 1 aromatic rings. The number of amidine groups is 1. The molecule has 2 aliphatic rings. The maximum absolute atomic E-state index is 12.2. The fourth-order valence-corrected chi connectivity index (χ4v) is 6.97. The van der Waals surface area contributed by atoms with Crippen LogP contribution in [0.3, 0.4) is 0 Å². The molecule has 2 aliphatic heterocycles. The second-order valence-electron chi connectivity index (χ2n) is 6.60. The topological polar surface area (TPSA) is 85.3 Å². The molecule has 3 rings (SSSR count). The quantitative estimate of drug-likeness (QED) is 0.766. The number of amides is 1. The van der Waals surface area contributed by atoms with Crippen LogP contribution < -0.4 is 14.4 Å². The lowest BCUT2D eigenvalue weighted by Gasteiger charge is -2.26. The Hall–Kier alpha value is -1.74. The number of aliphatic imine (C=N–C) groups is 1. The van der Waals surface area contributed by atoms with E-state index >= 15 is 0 Å². The van der Waals surface area contributed by atoms with Gasteiger partial charge in [-0.1, -0.05) is 25.6 Å². The van der Waals surface area contributed by atoms with Gasteiger partial charge in [0.15, 0.2) is 15.0 Å². The molecule has 142 valence electrons. The Balaban J connectivity index is 2.08. The van der Waals surface area contributed by atoms with Gasteiger partial charge in [-0.05, 0) is 12.1 Å². The number of methoxy groups -OCH3 is 2. The number of anilines is 1. The van der Waals surface area contributed by atoms with E-state index in [2.05, 4.69) is 4.99 Å². The van der Waals surface area contributed by atoms with Crippen molar-refractivity contribution in [2.45, 2.75) is 25.1 Å². The number of fused-ring (bicyclic) bond motifs is 1. The molecular weight excluding hydrogens is 376 g/mol. The summed E-state index contributed by atoms with van der Waals surface area (Å²) in [7, 11) is -0.00946. The predicted octanol–water partition coefficient (Wildman–Crippen LogP) is 1.96. The van der Waals surface area contributed by atoms with Gasteiger partial charge >= 0.3 is 0 Å². The van der Waals surface area contributed by atoms with E-state index in [0.29, 0.717) is 22.4 Å². The van der Waals surface area contributed by atoms with E-state index in [0.717, 1.165) is 0 Å². The molecule has 0 radical (unpaired) electrons. The zero-order valence-corrected chi connectivity index (χ0v) is 16.8. The molecule has 0 N–H and O–H groups in total. The summed E-state index contributed by atoms with van der Waals surface area (Å²) in [5, 5.41) is 0.377. The SMILES string of the molecule is COc1ccc(N2C(=NC(=O)C(C)C)SC3CS(=O)(=O)CC32)c(OC)c1. The zero-order valence-electron chi connectivity index (χ0n) is 15.1. The molecule has 2 saturated heterocycles. The number of sulfone groups is 1. The van der Waals surface area contributed by atoms with E-state index in [1.54, 1.807) is 46.3 Å². The van der Waals surface area contributed by atoms with Crippen LogP contribution in [-0.4, -0.2) is 56.5 Å². The van der Waals surface area contributed by atoms with Crippen LogP contribution in [0.2, 0.25) is 0 Å². The van der Waals surface area contributed by atoms with E-state index in [1.807, 2.05) is 4.90 Å². The zero-order chi connectivity index (χ0) is 19.1. The minimum Gasteiger partial charge on any atom is -0.497 e. The van der Waals surface area contributed by atoms with Gasteiger partial charge in [0.25, 0.3) is 5.91 Å². The van der Waals surface area contributed by atoms with Crippen molar-refractivity contribution in [3.05, 3.63) is 18.2 Å². The Morgan fingerprint density at radius 3 is 2.62 bits per heavy atom. The lowest BCUT2D eigenvalue weighted by atomic mass is 10.2. The first kappa shape index (κ1) is 19.0. The van der Waals surface area contributed by atoms with E-state index in [4.69, 9.17) is 9.47 Å². The highest BCUT2D eigenvalue weighted by molar-refractivity contribution is 8.16. The first-order valence-electron chi connectivity index (χ1n) is 8.26. The van der Waals surface area contributed by atoms with Gasteiger partial charge in [0.2, 0.25) is 0 Å². The second-order valence-corrected chi connectivity index (χ2v) is 9.96. The summed E-state index contributed by atoms with van der Waals surface area (Å²) in [6, 6.07) is 5.05. The normalized spacial score (nSPS) is 25.6. The molecule has 9 heteroatoms. The number of ether oxygens (including phenoxy) is 2. The highest BCUT2D eigenvalue weighted by Gasteiger charge is 2.50. The average molecular weight is 399 g/mol. The molecule has 2 heterocycles. The molecule has 1 amide bonds. The Kier molecular flexibility index (Phi) is 5.21. The lowest BCUT2D eigenvalue weighted by molar-refractivity contribution is -0.120. The number of carbonyl (C=O) groups excluding carboxylic acids is 1. The molecule has 0 aliphatic carbocycles. The number of carbonyl (C=O) groups is 1. The lowest BCUT2D eigenvalue weighted by Crippen LogP contribution is -2.38. The van der Waals surface area contributed by atoms with E-state index in [-0.39, 0.29) is 34.6 Å². The van der Waals surface area contributed by atoms with Gasteiger partial charge in [-0.25, -0.2) is 8.42 Å². The third-order valence-electron chi connectivity index (χ3n) is 4.41. The second kappa shape index (κ2) is 7.11. The Morgan fingerprint density at radius 2 is 2.00 bits per heavy atom. The van der Waals surface area contributed by atoms with E-state index in [9.17, 15) is 13.2 Å². The molecule has 2 atom stereocenters. The van der Waals surface area contributed by atoms with Crippen molar-refractivity contribution >= 4 is 38.4 Å². The van der Waals surface area contributed by atoms with Crippen LogP contribution in [-0.2, 0) is 14.6 Å². The Bertz CT molecular complexity index is 851. The van der Waals surface area contributed by atoms with Crippen molar-refractivity contribution in [1.82, 2.24) is 0 Å². The summed E-state index contributed by atoms with van der Waals surface area (Å²) in [6.45, 7) is 3.57. The summed E-state index contributed by atoms with van der Waals surface area (Å²) in [5.74, 6) is 0.838. The van der Waals surface area contributed by atoms with Crippen molar-refractivity contribution in [3.8, 4) is 11.5 Å². The largest absolute Gasteiger partial charge is 0.497 e. The molecule has 1 aromatic carbocycles. The summed E-state index contributed by atoms with van der Waals surface area (Å²) in [6.07, 6.45) is 0. The first-order valence-corrected chi connectivity index (χ1v) is 11.0. The number of thioether (sulfide) groups is 1. The van der Waals surface area contributed by atoms with Gasteiger partial charge in [-0.3, -0.25) is 4.79 Å². The molecule has 7 nitrogen and oxygen atoms in total. The van der Waals surface area contributed by atoms with E-state index < -0.39 is 9.84 Å². The summed E-state index contributed by atoms with van der Waals surface area (Å²) in [5.41, 5.74) is 0.681. The fourth-order valence-electron chi connectivity index (χ4n) is 3.05. The summed E-state index contributed by atoms with van der Waals surface area (Å²) < 4.78 is 34.9. The van der Waals surface area contributed by atoms with Gasteiger partial charge in [0.1, 0.15) is 11.5 Å². The summed E-state index contributed by atoms with van der Waals surface area (Å²) in [4.78, 5) is 18.3. The number of hydrogen-bond acceptors (Lipinski definition) is 6. The van der Waals surface area contributed by atoms with Crippen LogP contribution in [0.5, 0.6) is 11.5 Å². The van der Waals surface area contributed by atoms with Crippen molar-refractivity contribution in [1.29, 1.82) is 0 Å². The standard InChI is InChI=1S/C17H22N2O5S2/c1-10(2)16(20)18-17-19(13-8-26(21,22)9-15(13)25-17)12-6-5-11(23-3)7-14(12)24-4/h5-7,10,13,15H,8-9H2,1-4H3. The highest BCUT2D eigenvalue weighted by atomic mass is 32.2. The molecule has 0 bridgehead atoms. The first-order chi connectivity index (χ1) is 12.3.